The van der Waals surface area contributed by atoms with Crippen LogP contribution in [0.1, 0.15) is 0 Å². The summed E-state index contributed by atoms with van der Waals surface area (Å²) in [5, 5.41) is 2.64. The highest BCUT2D eigenvalue weighted by Crippen LogP contribution is 2.30. The van der Waals surface area contributed by atoms with E-state index < -0.39 is 5.82 Å². The first-order valence-electron chi connectivity index (χ1n) is 10.8. The van der Waals surface area contributed by atoms with E-state index in [-0.39, 0.29) is 22.4 Å². The van der Waals surface area contributed by atoms with Gasteiger partial charge < -0.3 is 10.1 Å². The lowest BCUT2D eigenvalue weighted by atomic mass is 10.2. The topological polar surface area (TPSA) is 78.2 Å². The summed E-state index contributed by atoms with van der Waals surface area (Å²) in [6, 6.07) is 19.8. The van der Waals surface area contributed by atoms with Gasteiger partial charge in [-0.05, 0) is 54.6 Å². The maximum absolute atomic E-state index is 14.4. The Labute approximate surface area is 209 Å². The molecule has 0 radical (unpaired) electrons. The van der Waals surface area contributed by atoms with Crippen LogP contribution in [0, 0.1) is 5.82 Å². The highest BCUT2D eigenvalue weighted by Gasteiger charge is 2.17. The third-order valence-corrected chi connectivity index (χ3v) is 5.71. The molecule has 7 nitrogen and oxygen atoms in total. The van der Waals surface area contributed by atoms with Gasteiger partial charge in [0.1, 0.15) is 5.75 Å². The monoisotopic (exact) mass is 500 g/mol. The van der Waals surface area contributed by atoms with Gasteiger partial charge in [-0.15, -0.1) is 0 Å². The third kappa shape index (κ3) is 4.25. The standard InChI is InChI=1S/C27H18ClFN4O3/c1-2-25(34)31-17-6-3-7-18(14-17)32-22-12-13-30-16-23(22)33(27(32)35)19-8-4-9-20(15-19)36-24-11-5-10-21(28)26(24)29/h2-16H,1H2,(H,31,34). The van der Waals surface area contributed by atoms with Gasteiger partial charge in [-0.1, -0.05) is 36.4 Å². The number of amides is 1. The maximum atomic E-state index is 14.4. The van der Waals surface area contributed by atoms with E-state index >= 15 is 0 Å². The summed E-state index contributed by atoms with van der Waals surface area (Å²) in [7, 11) is 0. The molecule has 5 rings (SSSR count). The summed E-state index contributed by atoms with van der Waals surface area (Å²) in [4.78, 5) is 29.7. The molecule has 9 heteroatoms. The Hall–Kier alpha value is -4.69. The number of carbonyl (C=O) groups excluding carboxylic acids is 1. The first-order chi connectivity index (χ1) is 17.5. The van der Waals surface area contributed by atoms with Gasteiger partial charge >= 0.3 is 5.69 Å². The van der Waals surface area contributed by atoms with E-state index in [1.54, 1.807) is 73.1 Å². The van der Waals surface area contributed by atoms with Crippen molar-refractivity contribution in [2.24, 2.45) is 0 Å². The van der Waals surface area contributed by atoms with Crippen LogP contribution in [0.15, 0.2) is 103 Å². The van der Waals surface area contributed by atoms with Gasteiger partial charge in [0.05, 0.1) is 33.6 Å². The minimum Gasteiger partial charge on any atom is -0.454 e. The molecule has 0 saturated heterocycles. The molecule has 0 fully saturated rings. The number of imidazole rings is 1. The highest BCUT2D eigenvalue weighted by atomic mass is 35.5. The number of anilines is 1. The predicted octanol–water partition coefficient (Wildman–Crippen LogP) is 5.89. The molecule has 0 aliphatic rings. The van der Waals surface area contributed by atoms with Crippen LogP contribution in [0.5, 0.6) is 11.5 Å². The zero-order chi connectivity index (χ0) is 25.2. The molecule has 0 aliphatic carbocycles. The van der Waals surface area contributed by atoms with Crippen molar-refractivity contribution < 1.29 is 13.9 Å². The number of hydrogen-bond acceptors (Lipinski definition) is 4. The van der Waals surface area contributed by atoms with Gasteiger partial charge in [-0.3, -0.25) is 18.9 Å². The number of pyridine rings is 1. The number of nitrogens with zero attached hydrogens (tertiary/aromatic N) is 3. The van der Waals surface area contributed by atoms with Crippen molar-refractivity contribution in [3.63, 3.8) is 0 Å². The van der Waals surface area contributed by atoms with Crippen molar-refractivity contribution in [1.82, 2.24) is 14.1 Å². The van der Waals surface area contributed by atoms with Crippen molar-refractivity contribution in [2.75, 3.05) is 5.32 Å². The maximum Gasteiger partial charge on any atom is 0.338 e. The van der Waals surface area contributed by atoms with Crippen molar-refractivity contribution >= 4 is 34.2 Å². The molecule has 0 aliphatic heterocycles. The number of fused-ring (bicyclic) bond motifs is 1. The molecule has 0 bridgehead atoms. The van der Waals surface area contributed by atoms with Gasteiger partial charge in [0.15, 0.2) is 11.6 Å². The number of nitrogens with one attached hydrogen (secondary N) is 1. The van der Waals surface area contributed by atoms with E-state index in [1.807, 2.05) is 0 Å². The van der Waals surface area contributed by atoms with Crippen LogP contribution < -0.4 is 15.7 Å². The van der Waals surface area contributed by atoms with Crippen LogP contribution in [0.2, 0.25) is 5.02 Å². The Morgan fingerprint density at radius 2 is 1.72 bits per heavy atom. The predicted molar refractivity (Wildman–Crippen MR) is 137 cm³/mol. The van der Waals surface area contributed by atoms with Crippen LogP contribution in [0.25, 0.3) is 22.4 Å². The molecule has 2 aromatic heterocycles. The second kappa shape index (κ2) is 9.52. The normalized spacial score (nSPS) is 10.8. The van der Waals surface area contributed by atoms with Crippen molar-refractivity contribution in [3.05, 3.63) is 119 Å². The summed E-state index contributed by atoms with van der Waals surface area (Å²) in [6.45, 7) is 3.46. The fourth-order valence-corrected chi connectivity index (χ4v) is 4.00. The number of rotatable bonds is 6. The van der Waals surface area contributed by atoms with Crippen LogP contribution >= 0.6 is 11.6 Å². The lowest BCUT2D eigenvalue weighted by Gasteiger charge is -2.10. The summed E-state index contributed by atoms with van der Waals surface area (Å²) in [5.74, 6) is -0.751. The Balaban J connectivity index is 1.62. The van der Waals surface area contributed by atoms with Crippen LogP contribution in [-0.2, 0) is 4.79 Å². The fourth-order valence-electron chi connectivity index (χ4n) is 3.84. The summed E-state index contributed by atoms with van der Waals surface area (Å²) < 4.78 is 23.1. The lowest BCUT2D eigenvalue weighted by Crippen LogP contribution is -2.22. The molecule has 0 spiro atoms. The molecule has 1 N–H and O–H groups in total. The van der Waals surface area contributed by atoms with E-state index in [2.05, 4.69) is 16.9 Å². The fraction of sp³-hybridized carbons (Fsp3) is 0. The molecule has 0 atom stereocenters. The molecular formula is C27H18ClFN4O3. The van der Waals surface area contributed by atoms with Gasteiger partial charge in [-0.2, -0.15) is 0 Å². The Kier molecular flexibility index (Phi) is 6.10. The number of aromatic nitrogens is 3. The minimum atomic E-state index is -0.675. The van der Waals surface area contributed by atoms with Crippen molar-refractivity contribution in [1.29, 1.82) is 0 Å². The smallest absolute Gasteiger partial charge is 0.338 e. The zero-order valence-electron chi connectivity index (χ0n) is 18.7. The van der Waals surface area contributed by atoms with Crippen LogP contribution in [-0.4, -0.2) is 20.0 Å². The second-order valence-corrected chi connectivity index (χ2v) is 8.12. The number of benzene rings is 3. The molecular weight excluding hydrogens is 483 g/mol. The number of carbonyl (C=O) groups is 1. The average Bonchev–Trinajstić information content (AvgIpc) is 3.18. The summed E-state index contributed by atoms with van der Waals surface area (Å²) >= 11 is 5.86. The Morgan fingerprint density at radius 1 is 1.00 bits per heavy atom. The molecule has 5 aromatic rings. The van der Waals surface area contributed by atoms with Crippen LogP contribution in [0.3, 0.4) is 0 Å². The van der Waals surface area contributed by atoms with Crippen molar-refractivity contribution in [2.45, 2.75) is 0 Å². The molecule has 36 heavy (non-hydrogen) atoms. The molecule has 3 aromatic carbocycles. The van der Waals surface area contributed by atoms with E-state index in [0.717, 1.165) is 0 Å². The molecule has 0 saturated carbocycles. The summed E-state index contributed by atoms with van der Waals surface area (Å²) in [5.41, 5.74) is 2.34. The molecule has 0 unspecified atom stereocenters. The van der Waals surface area contributed by atoms with E-state index in [1.165, 1.54) is 27.3 Å². The van der Waals surface area contributed by atoms with Crippen LogP contribution in [0.4, 0.5) is 10.1 Å². The van der Waals surface area contributed by atoms with Gasteiger partial charge in [-0.25, -0.2) is 9.18 Å². The van der Waals surface area contributed by atoms with E-state index in [9.17, 15) is 14.0 Å². The number of hydrogen-bond donors (Lipinski definition) is 1. The second-order valence-electron chi connectivity index (χ2n) is 7.71. The van der Waals surface area contributed by atoms with Gasteiger partial charge in [0.25, 0.3) is 0 Å². The van der Waals surface area contributed by atoms with Crippen molar-refractivity contribution in [3.8, 4) is 22.9 Å². The Bertz CT molecular complexity index is 1690. The van der Waals surface area contributed by atoms with Gasteiger partial charge in [0.2, 0.25) is 5.91 Å². The van der Waals surface area contributed by atoms with Gasteiger partial charge in [0, 0.05) is 18.0 Å². The largest absolute Gasteiger partial charge is 0.454 e. The van der Waals surface area contributed by atoms with E-state index in [0.29, 0.717) is 33.8 Å². The number of ether oxygens (including phenoxy) is 1. The average molecular weight is 501 g/mol. The van der Waals surface area contributed by atoms with E-state index in [4.69, 9.17) is 16.3 Å². The third-order valence-electron chi connectivity index (χ3n) is 5.42. The first-order valence-corrected chi connectivity index (χ1v) is 11.2. The SMILES string of the molecule is C=CC(=O)Nc1cccc(-n2c(=O)n(-c3cccc(Oc4cccc(Cl)c4F)c3)c3cnccc32)c1. The Morgan fingerprint density at radius 3 is 2.53 bits per heavy atom. The zero-order valence-corrected chi connectivity index (χ0v) is 19.4. The quantitative estimate of drug-likeness (QED) is 0.295. The number of halogens is 2. The lowest BCUT2D eigenvalue weighted by molar-refractivity contribution is -0.111. The molecule has 178 valence electrons. The highest BCUT2D eigenvalue weighted by molar-refractivity contribution is 6.30. The molecule has 1 amide bonds. The minimum absolute atomic E-state index is 0.0329. The first kappa shape index (κ1) is 23.1. The summed E-state index contributed by atoms with van der Waals surface area (Å²) in [6.07, 6.45) is 4.34. The molecule has 2 heterocycles.